The molecule has 1 aliphatic rings. The minimum atomic E-state index is -3.17. The first-order valence-electron chi connectivity index (χ1n) is 6.63. The molecule has 0 unspecified atom stereocenters. The van der Waals surface area contributed by atoms with Gasteiger partial charge in [-0.25, -0.2) is 12.7 Å². The average Bonchev–Trinajstić information content (AvgIpc) is 2.25. The molecular formula is C14H20N2O3S. The van der Waals surface area contributed by atoms with E-state index < -0.39 is 10.0 Å². The molecule has 20 heavy (non-hydrogen) atoms. The van der Waals surface area contributed by atoms with E-state index in [0.29, 0.717) is 5.92 Å². The zero-order valence-corrected chi connectivity index (χ0v) is 12.8. The summed E-state index contributed by atoms with van der Waals surface area (Å²) < 4.78 is 23.8. The molecule has 1 aliphatic heterocycles. The Morgan fingerprint density at radius 3 is 2.25 bits per heavy atom. The molecule has 0 spiro atoms. The van der Waals surface area contributed by atoms with E-state index >= 15 is 0 Å². The third kappa shape index (κ3) is 3.37. The van der Waals surface area contributed by atoms with E-state index in [9.17, 15) is 13.2 Å². The van der Waals surface area contributed by atoms with Crippen molar-refractivity contribution in [1.29, 1.82) is 0 Å². The summed E-state index contributed by atoms with van der Waals surface area (Å²) in [5, 5.41) is 2.82. The summed E-state index contributed by atoms with van der Waals surface area (Å²) in [6.07, 6.45) is 1.16. The first-order chi connectivity index (χ1) is 9.27. The second kappa shape index (κ2) is 5.54. The number of sulfonamides is 1. The first kappa shape index (κ1) is 15.0. The molecule has 1 amide bonds. The smallest absolute Gasteiger partial charge is 0.230 e. The number of hydrogen-bond acceptors (Lipinski definition) is 3. The topological polar surface area (TPSA) is 66.5 Å². The van der Waals surface area contributed by atoms with Crippen LogP contribution >= 0.6 is 0 Å². The highest BCUT2D eigenvalue weighted by Crippen LogP contribution is 2.22. The van der Waals surface area contributed by atoms with Crippen LogP contribution in [0.2, 0.25) is 0 Å². The maximum atomic E-state index is 12.0. The third-order valence-corrected chi connectivity index (χ3v) is 4.77. The van der Waals surface area contributed by atoms with E-state index in [2.05, 4.69) is 19.2 Å². The van der Waals surface area contributed by atoms with Crippen LogP contribution in [-0.4, -0.2) is 38.0 Å². The number of anilines is 1. The molecule has 1 N–H and O–H groups in total. The average molecular weight is 296 g/mol. The largest absolute Gasteiger partial charge is 0.326 e. The van der Waals surface area contributed by atoms with Gasteiger partial charge in [0.25, 0.3) is 0 Å². The summed E-state index contributed by atoms with van der Waals surface area (Å²) in [5.41, 5.74) is 1.96. The van der Waals surface area contributed by atoms with Crippen molar-refractivity contribution in [2.75, 3.05) is 24.7 Å². The summed E-state index contributed by atoms with van der Waals surface area (Å²) >= 11 is 0. The Kier molecular flexibility index (Phi) is 4.15. The van der Waals surface area contributed by atoms with Gasteiger partial charge in [0.1, 0.15) is 0 Å². The number of nitrogens with one attached hydrogen (secondary N) is 1. The molecule has 1 aromatic rings. The number of nitrogens with zero attached hydrogens (tertiary/aromatic N) is 1. The predicted octanol–water partition coefficient (Wildman–Crippen LogP) is 1.64. The number of carbonyl (C=O) groups is 1. The quantitative estimate of drug-likeness (QED) is 0.918. The van der Waals surface area contributed by atoms with E-state index in [0.717, 1.165) is 11.9 Å². The lowest BCUT2D eigenvalue weighted by Gasteiger charge is -2.35. The highest BCUT2D eigenvalue weighted by atomic mass is 32.2. The van der Waals surface area contributed by atoms with Gasteiger partial charge >= 0.3 is 0 Å². The summed E-state index contributed by atoms with van der Waals surface area (Å²) in [6.45, 7) is 4.77. The van der Waals surface area contributed by atoms with E-state index in [4.69, 9.17) is 0 Å². The molecule has 110 valence electrons. The third-order valence-electron chi connectivity index (χ3n) is 3.53. The molecule has 1 fully saturated rings. The van der Waals surface area contributed by atoms with Crippen molar-refractivity contribution in [3.05, 3.63) is 29.8 Å². The van der Waals surface area contributed by atoms with Crippen LogP contribution in [0, 0.1) is 5.92 Å². The molecule has 0 aliphatic carbocycles. The number of amides is 1. The van der Waals surface area contributed by atoms with Gasteiger partial charge in [-0.15, -0.1) is 0 Å². The minimum absolute atomic E-state index is 0.123. The van der Waals surface area contributed by atoms with Gasteiger partial charge in [-0.2, -0.15) is 0 Å². The normalized spacial score (nSPS) is 17.0. The monoisotopic (exact) mass is 296 g/mol. The molecular weight excluding hydrogens is 276 g/mol. The number of rotatable bonds is 4. The van der Waals surface area contributed by atoms with Gasteiger partial charge in [-0.1, -0.05) is 26.0 Å². The van der Waals surface area contributed by atoms with Crippen LogP contribution in [0.5, 0.6) is 0 Å². The van der Waals surface area contributed by atoms with Crippen LogP contribution in [0.4, 0.5) is 5.69 Å². The van der Waals surface area contributed by atoms with Crippen molar-refractivity contribution in [2.45, 2.75) is 19.8 Å². The molecule has 0 radical (unpaired) electrons. The Hall–Kier alpha value is -1.40. The van der Waals surface area contributed by atoms with Crippen molar-refractivity contribution >= 4 is 21.6 Å². The predicted molar refractivity (Wildman–Crippen MR) is 79.1 cm³/mol. The molecule has 1 aromatic carbocycles. The zero-order chi connectivity index (χ0) is 14.9. The number of benzene rings is 1. The van der Waals surface area contributed by atoms with Gasteiger partial charge in [0.05, 0.1) is 12.2 Å². The van der Waals surface area contributed by atoms with Gasteiger partial charge in [0, 0.05) is 18.8 Å². The summed E-state index contributed by atoms with van der Waals surface area (Å²) in [5.74, 6) is 0.0754. The Balaban J connectivity index is 1.90. The van der Waals surface area contributed by atoms with Crippen molar-refractivity contribution < 1.29 is 13.2 Å². The van der Waals surface area contributed by atoms with E-state index in [-0.39, 0.29) is 24.9 Å². The Morgan fingerprint density at radius 2 is 1.80 bits per heavy atom. The summed E-state index contributed by atoms with van der Waals surface area (Å²) in [4.78, 5) is 12.0. The first-order valence-corrected chi connectivity index (χ1v) is 8.48. The molecule has 1 heterocycles. The number of carbonyl (C=O) groups excluding carboxylic acids is 1. The van der Waals surface area contributed by atoms with Crippen molar-refractivity contribution in [1.82, 2.24) is 4.31 Å². The Morgan fingerprint density at radius 1 is 1.25 bits per heavy atom. The Bertz CT molecular complexity index is 587. The molecule has 0 saturated carbocycles. The second-order valence-electron chi connectivity index (χ2n) is 5.54. The van der Waals surface area contributed by atoms with E-state index in [1.807, 2.05) is 24.3 Å². The van der Waals surface area contributed by atoms with Gasteiger partial charge in [-0.05, 0) is 23.6 Å². The Labute approximate surface area is 120 Å². The van der Waals surface area contributed by atoms with E-state index in [1.165, 1.54) is 9.87 Å². The maximum Gasteiger partial charge on any atom is 0.230 e. The molecule has 0 bridgehead atoms. The highest BCUT2D eigenvalue weighted by Gasteiger charge is 2.37. The van der Waals surface area contributed by atoms with Crippen LogP contribution in [0.3, 0.4) is 0 Å². The zero-order valence-electron chi connectivity index (χ0n) is 12.0. The lowest BCUT2D eigenvalue weighted by molar-refractivity contribution is -0.122. The second-order valence-corrected chi connectivity index (χ2v) is 7.53. The van der Waals surface area contributed by atoms with Crippen LogP contribution in [0.25, 0.3) is 0 Å². The van der Waals surface area contributed by atoms with Gasteiger partial charge in [-0.3, -0.25) is 4.79 Å². The van der Waals surface area contributed by atoms with Crippen LogP contribution < -0.4 is 5.32 Å². The fraction of sp³-hybridized carbons (Fsp3) is 0.500. The molecule has 0 aromatic heterocycles. The fourth-order valence-corrected chi connectivity index (χ4v) is 2.97. The molecule has 2 rings (SSSR count). The highest BCUT2D eigenvalue weighted by molar-refractivity contribution is 7.88. The van der Waals surface area contributed by atoms with Crippen molar-refractivity contribution in [3.8, 4) is 0 Å². The van der Waals surface area contributed by atoms with Gasteiger partial charge < -0.3 is 5.32 Å². The van der Waals surface area contributed by atoms with Crippen molar-refractivity contribution in [2.24, 2.45) is 5.92 Å². The van der Waals surface area contributed by atoms with Gasteiger partial charge in [0.2, 0.25) is 15.9 Å². The van der Waals surface area contributed by atoms with E-state index in [1.54, 1.807) is 0 Å². The standard InChI is InChI=1S/C14H20N2O3S/c1-10(2)11-4-6-13(7-5-11)15-14(17)12-8-16(9-12)20(3,18)19/h4-7,10,12H,8-9H2,1-3H3,(H,15,17). The van der Waals surface area contributed by atoms with Crippen LogP contribution in [0.15, 0.2) is 24.3 Å². The van der Waals surface area contributed by atoms with Crippen molar-refractivity contribution in [3.63, 3.8) is 0 Å². The SMILES string of the molecule is CC(C)c1ccc(NC(=O)C2CN(S(C)(=O)=O)C2)cc1. The summed E-state index contributed by atoms with van der Waals surface area (Å²) in [7, 11) is -3.17. The number of hydrogen-bond donors (Lipinski definition) is 1. The van der Waals surface area contributed by atoms with Gasteiger partial charge in [0.15, 0.2) is 0 Å². The lowest BCUT2D eigenvalue weighted by atomic mass is 10.0. The van der Waals surface area contributed by atoms with Crippen LogP contribution in [0.1, 0.15) is 25.3 Å². The molecule has 0 atom stereocenters. The summed E-state index contributed by atoms with van der Waals surface area (Å²) in [6, 6.07) is 7.73. The molecule has 6 heteroatoms. The van der Waals surface area contributed by atoms with Crippen LogP contribution in [-0.2, 0) is 14.8 Å². The fourth-order valence-electron chi connectivity index (χ4n) is 2.07. The molecule has 1 saturated heterocycles. The minimum Gasteiger partial charge on any atom is -0.326 e. The maximum absolute atomic E-state index is 12.0. The molecule has 5 nitrogen and oxygen atoms in total. The lowest BCUT2D eigenvalue weighted by Crippen LogP contribution is -2.53.